The van der Waals surface area contributed by atoms with Crippen LogP contribution < -0.4 is 5.11 Å². The van der Waals surface area contributed by atoms with Gasteiger partial charge in [0.05, 0.1) is 10.9 Å². The van der Waals surface area contributed by atoms with E-state index < -0.39 is 21.6 Å². The summed E-state index contributed by atoms with van der Waals surface area (Å²) < 4.78 is 26.0. The molecule has 0 aliphatic heterocycles. The van der Waals surface area contributed by atoms with E-state index in [-0.39, 0.29) is 14.9 Å². The largest absolute Gasteiger partial charge is 0.549 e. The highest BCUT2D eigenvalue weighted by atomic mass is 32.2. The van der Waals surface area contributed by atoms with Gasteiger partial charge in [0, 0.05) is 11.3 Å². The second kappa shape index (κ2) is 7.35. The lowest BCUT2D eigenvalue weighted by Crippen LogP contribution is -2.24. The number of thioether (sulfide) groups is 1. The maximum atomic E-state index is 13.0. The highest BCUT2D eigenvalue weighted by Crippen LogP contribution is 2.31. The molecule has 3 aromatic rings. The molecule has 1 N–H and O–H groups in total. The average molecular weight is 387 g/mol. The molecule has 0 amide bonds. The minimum Gasteiger partial charge on any atom is -0.549 e. The molecule has 2 aromatic carbocycles. The molecule has 0 saturated carbocycles. The molecule has 0 radical (unpaired) electrons. The van der Waals surface area contributed by atoms with Crippen LogP contribution in [-0.2, 0) is 14.6 Å². The van der Waals surface area contributed by atoms with Gasteiger partial charge in [0.2, 0.25) is 9.84 Å². The van der Waals surface area contributed by atoms with E-state index in [9.17, 15) is 18.3 Å². The SMILES string of the molecule is Cc1ccc(S(=O)(=O)c2[nH]c(-c3ccccc3)nc2SCC(=O)[O-])cc1. The summed E-state index contributed by atoms with van der Waals surface area (Å²) in [4.78, 5) is 18.1. The lowest BCUT2D eigenvalue weighted by atomic mass is 10.2. The number of benzene rings is 2. The predicted molar refractivity (Wildman–Crippen MR) is 96.4 cm³/mol. The van der Waals surface area contributed by atoms with Gasteiger partial charge in [-0.2, -0.15) is 0 Å². The normalized spacial score (nSPS) is 11.4. The average Bonchev–Trinajstić information content (AvgIpc) is 3.06. The number of hydrogen-bond acceptors (Lipinski definition) is 6. The van der Waals surface area contributed by atoms with Gasteiger partial charge in [0.15, 0.2) is 5.03 Å². The molecular formula is C18H15N2O4S2-. The Labute approximate surface area is 155 Å². The van der Waals surface area contributed by atoms with Crippen molar-refractivity contribution < 1.29 is 18.3 Å². The van der Waals surface area contributed by atoms with E-state index in [1.54, 1.807) is 36.4 Å². The van der Waals surface area contributed by atoms with Gasteiger partial charge < -0.3 is 14.9 Å². The third-order valence-electron chi connectivity index (χ3n) is 3.61. The number of carbonyl (C=O) groups is 1. The number of aliphatic carboxylic acids is 1. The lowest BCUT2D eigenvalue weighted by molar-refractivity contribution is -0.301. The Hall–Kier alpha value is -2.58. The highest BCUT2D eigenvalue weighted by Gasteiger charge is 2.26. The fraction of sp³-hybridized carbons (Fsp3) is 0.111. The van der Waals surface area contributed by atoms with Crippen LogP contribution in [0.3, 0.4) is 0 Å². The number of sulfone groups is 1. The van der Waals surface area contributed by atoms with Crippen LogP contribution in [0.4, 0.5) is 0 Å². The number of imidazole rings is 1. The number of aromatic nitrogens is 2. The van der Waals surface area contributed by atoms with Crippen LogP contribution in [0, 0.1) is 6.92 Å². The molecule has 26 heavy (non-hydrogen) atoms. The Morgan fingerprint density at radius 3 is 2.38 bits per heavy atom. The number of nitrogens with one attached hydrogen (secondary N) is 1. The van der Waals surface area contributed by atoms with Crippen molar-refractivity contribution in [2.75, 3.05) is 5.75 Å². The number of nitrogens with zero attached hydrogens (tertiary/aromatic N) is 1. The van der Waals surface area contributed by atoms with Crippen molar-refractivity contribution in [1.29, 1.82) is 0 Å². The monoisotopic (exact) mass is 387 g/mol. The van der Waals surface area contributed by atoms with Gasteiger partial charge in [0.1, 0.15) is 10.9 Å². The molecule has 0 spiro atoms. The number of carboxylic acid groups (broad SMARTS) is 1. The summed E-state index contributed by atoms with van der Waals surface area (Å²) >= 11 is 0.812. The zero-order chi connectivity index (χ0) is 18.7. The van der Waals surface area contributed by atoms with Gasteiger partial charge in [-0.1, -0.05) is 59.8 Å². The Kier molecular flexibility index (Phi) is 5.15. The Morgan fingerprint density at radius 1 is 1.12 bits per heavy atom. The third-order valence-corrected chi connectivity index (χ3v) is 6.42. The molecule has 3 rings (SSSR count). The lowest BCUT2D eigenvalue weighted by Gasteiger charge is -2.05. The zero-order valence-electron chi connectivity index (χ0n) is 13.8. The maximum Gasteiger partial charge on any atom is 0.224 e. The van der Waals surface area contributed by atoms with Crippen molar-refractivity contribution in [3.8, 4) is 11.4 Å². The molecule has 1 aromatic heterocycles. The van der Waals surface area contributed by atoms with Crippen LogP contribution in [0.1, 0.15) is 5.56 Å². The number of aromatic amines is 1. The number of carbonyl (C=O) groups excluding carboxylic acids is 1. The highest BCUT2D eigenvalue weighted by molar-refractivity contribution is 8.00. The van der Waals surface area contributed by atoms with E-state index in [1.165, 1.54) is 12.1 Å². The fourth-order valence-electron chi connectivity index (χ4n) is 2.32. The third kappa shape index (κ3) is 3.81. The summed E-state index contributed by atoms with van der Waals surface area (Å²) in [7, 11) is -3.87. The van der Waals surface area contributed by atoms with Crippen LogP contribution >= 0.6 is 11.8 Å². The summed E-state index contributed by atoms with van der Waals surface area (Å²) in [5, 5.41) is 10.8. The maximum absolute atomic E-state index is 13.0. The Morgan fingerprint density at radius 2 is 1.77 bits per heavy atom. The molecule has 6 nitrogen and oxygen atoms in total. The first-order valence-electron chi connectivity index (χ1n) is 7.68. The number of hydrogen-bond donors (Lipinski definition) is 1. The number of rotatable bonds is 6. The van der Waals surface area contributed by atoms with E-state index >= 15 is 0 Å². The first-order valence-corrected chi connectivity index (χ1v) is 10.1. The molecule has 0 saturated heterocycles. The summed E-state index contributed by atoms with van der Waals surface area (Å²) in [6.45, 7) is 1.86. The summed E-state index contributed by atoms with van der Waals surface area (Å²) in [5.41, 5.74) is 1.64. The van der Waals surface area contributed by atoms with Crippen LogP contribution in [0.15, 0.2) is 69.5 Å². The van der Waals surface area contributed by atoms with Gasteiger partial charge in [-0.05, 0) is 19.1 Å². The Bertz CT molecular complexity index is 1030. The summed E-state index contributed by atoms with van der Waals surface area (Å²) in [5.74, 6) is -1.33. The number of H-pyrrole nitrogens is 1. The van der Waals surface area contributed by atoms with Gasteiger partial charge in [-0.15, -0.1) is 0 Å². The van der Waals surface area contributed by atoms with Crippen LogP contribution in [-0.4, -0.2) is 30.1 Å². The molecule has 0 atom stereocenters. The van der Waals surface area contributed by atoms with E-state index in [1.807, 2.05) is 13.0 Å². The van der Waals surface area contributed by atoms with Crippen molar-refractivity contribution >= 4 is 27.6 Å². The standard InChI is InChI=1S/C18H16N2O4S2/c1-12-7-9-14(10-8-12)26(23,24)18-17(25-11-15(21)22)19-16(20-18)13-5-3-2-4-6-13/h2-10H,11H2,1H3,(H,19,20)(H,21,22)/p-1. The number of carboxylic acids is 1. The van der Waals surface area contributed by atoms with Gasteiger partial charge in [-0.25, -0.2) is 13.4 Å². The molecule has 0 aliphatic carbocycles. The van der Waals surface area contributed by atoms with E-state index in [0.717, 1.165) is 17.3 Å². The molecule has 0 unspecified atom stereocenters. The van der Waals surface area contributed by atoms with Gasteiger partial charge >= 0.3 is 0 Å². The van der Waals surface area contributed by atoms with Gasteiger partial charge in [0.25, 0.3) is 0 Å². The summed E-state index contributed by atoms with van der Waals surface area (Å²) in [6.07, 6.45) is 0. The molecule has 0 fully saturated rings. The number of aryl methyl sites for hydroxylation is 1. The molecule has 134 valence electrons. The Balaban J connectivity index is 2.10. The predicted octanol–water partition coefficient (Wildman–Crippen LogP) is 2.06. The fourth-order valence-corrected chi connectivity index (χ4v) is 4.65. The van der Waals surface area contributed by atoms with E-state index in [2.05, 4.69) is 9.97 Å². The summed E-state index contributed by atoms with van der Waals surface area (Å²) in [6, 6.07) is 15.5. The zero-order valence-corrected chi connectivity index (χ0v) is 15.4. The van der Waals surface area contributed by atoms with E-state index in [0.29, 0.717) is 11.4 Å². The smallest absolute Gasteiger partial charge is 0.224 e. The second-order valence-corrected chi connectivity index (χ2v) is 8.41. The van der Waals surface area contributed by atoms with Gasteiger partial charge in [-0.3, -0.25) is 0 Å². The molecule has 0 bridgehead atoms. The minimum absolute atomic E-state index is 0.105. The minimum atomic E-state index is -3.87. The van der Waals surface area contributed by atoms with Crippen molar-refractivity contribution in [2.45, 2.75) is 21.9 Å². The molecule has 1 heterocycles. The molecular weight excluding hydrogens is 372 g/mol. The van der Waals surface area contributed by atoms with Crippen LogP contribution in [0.5, 0.6) is 0 Å². The second-order valence-electron chi connectivity index (χ2n) is 5.56. The van der Waals surface area contributed by atoms with Crippen LogP contribution in [0.2, 0.25) is 0 Å². The van der Waals surface area contributed by atoms with Crippen molar-refractivity contribution in [3.05, 3.63) is 60.2 Å². The van der Waals surface area contributed by atoms with Crippen molar-refractivity contribution in [1.82, 2.24) is 9.97 Å². The van der Waals surface area contributed by atoms with Crippen molar-refractivity contribution in [2.24, 2.45) is 0 Å². The van der Waals surface area contributed by atoms with Crippen molar-refractivity contribution in [3.63, 3.8) is 0 Å². The first-order chi connectivity index (χ1) is 12.4. The molecule has 0 aliphatic rings. The van der Waals surface area contributed by atoms with E-state index in [4.69, 9.17) is 0 Å². The topological polar surface area (TPSA) is 103 Å². The van der Waals surface area contributed by atoms with Crippen LogP contribution in [0.25, 0.3) is 11.4 Å². The first kappa shape index (κ1) is 18.2. The molecule has 8 heteroatoms. The quantitative estimate of drug-likeness (QED) is 0.650.